The molecule has 118 valence electrons. The minimum Gasteiger partial charge on any atom is -0.392 e. The number of benzene rings is 1. The number of carbonyl (C=O) groups excluding carboxylic acids is 1. The van der Waals surface area contributed by atoms with Gasteiger partial charge in [0.2, 0.25) is 5.91 Å². The Bertz CT molecular complexity index is 487. The number of rotatable bonds is 5. The summed E-state index contributed by atoms with van der Waals surface area (Å²) in [5.41, 5.74) is 6.37. The highest BCUT2D eigenvalue weighted by molar-refractivity contribution is 5.85. The van der Waals surface area contributed by atoms with Gasteiger partial charge in [0.15, 0.2) is 0 Å². The number of hydrogen-bond acceptors (Lipinski definition) is 4. The van der Waals surface area contributed by atoms with E-state index >= 15 is 0 Å². The van der Waals surface area contributed by atoms with Gasteiger partial charge in [-0.05, 0) is 24.5 Å². The van der Waals surface area contributed by atoms with Crippen LogP contribution in [0.15, 0.2) is 18.2 Å². The monoisotopic (exact) mass is 318 g/mol. The van der Waals surface area contributed by atoms with Crippen LogP contribution in [-0.4, -0.2) is 29.8 Å². The van der Waals surface area contributed by atoms with Crippen molar-refractivity contribution in [3.8, 4) is 0 Å². The van der Waals surface area contributed by atoms with Crippen LogP contribution < -0.4 is 11.1 Å². The lowest BCUT2D eigenvalue weighted by atomic mass is 10.1. The molecular formula is C14H20ClFN2O3. The largest absolute Gasteiger partial charge is 0.392 e. The average Bonchev–Trinajstić information content (AvgIpc) is 2.94. The molecule has 1 aromatic carbocycles. The summed E-state index contributed by atoms with van der Waals surface area (Å²) in [6.45, 7) is 0.307. The first-order valence-corrected chi connectivity index (χ1v) is 6.65. The quantitative estimate of drug-likeness (QED) is 0.752. The third kappa shape index (κ3) is 4.64. The molecule has 21 heavy (non-hydrogen) atoms. The van der Waals surface area contributed by atoms with E-state index in [9.17, 15) is 9.18 Å². The molecular weight excluding hydrogens is 299 g/mol. The van der Waals surface area contributed by atoms with Crippen LogP contribution in [0.5, 0.6) is 0 Å². The first-order chi connectivity index (χ1) is 9.63. The van der Waals surface area contributed by atoms with Crippen molar-refractivity contribution in [2.45, 2.75) is 38.2 Å². The van der Waals surface area contributed by atoms with Crippen molar-refractivity contribution in [1.82, 2.24) is 5.32 Å². The van der Waals surface area contributed by atoms with Crippen molar-refractivity contribution >= 4 is 18.3 Å². The normalized spacial score (nSPS) is 20.9. The van der Waals surface area contributed by atoms with Crippen molar-refractivity contribution in [2.24, 2.45) is 5.73 Å². The lowest BCUT2D eigenvalue weighted by Crippen LogP contribution is -2.35. The molecule has 1 heterocycles. The van der Waals surface area contributed by atoms with Gasteiger partial charge in [-0.2, -0.15) is 0 Å². The fraction of sp³-hybridized carbons (Fsp3) is 0.500. The second-order valence-electron chi connectivity index (χ2n) is 4.86. The number of amides is 1. The van der Waals surface area contributed by atoms with Gasteiger partial charge < -0.3 is 20.9 Å². The van der Waals surface area contributed by atoms with Crippen LogP contribution in [0.4, 0.5) is 4.39 Å². The number of hydrogen-bond donors (Lipinski definition) is 3. The molecule has 0 spiro atoms. The first kappa shape index (κ1) is 17.8. The summed E-state index contributed by atoms with van der Waals surface area (Å²) in [5, 5.41) is 11.6. The van der Waals surface area contributed by atoms with E-state index in [1.165, 1.54) is 12.1 Å². The molecule has 4 N–H and O–H groups in total. The standard InChI is InChI=1S/C14H19FN2O3.ClH/c15-12-5-9(1-2-10(12)8-18)7-17-14(19)13-4-3-11(6-16)20-13;/h1-2,5,11,13,18H,3-4,6-8,16H2,(H,17,19);1H/t11-,13+;/m1./s1. The van der Waals surface area contributed by atoms with Crippen molar-refractivity contribution in [3.63, 3.8) is 0 Å². The molecule has 1 amide bonds. The molecule has 1 aliphatic heterocycles. The van der Waals surface area contributed by atoms with E-state index < -0.39 is 11.9 Å². The highest BCUT2D eigenvalue weighted by Crippen LogP contribution is 2.19. The van der Waals surface area contributed by atoms with Crippen LogP contribution in [0.1, 0.15) is 24.0 Å². The number of ether oxygens (including phenoxy) is 1. The van der Waals surface area contributed by atoms with E-state index in [1.54, 1.807) is 6.07 Å². The van der Waals surface area contributed by atoms with Crippen molar-refractivity contribution < 1.29 is 19.0 Å². The van der Waals surface area contributed by atoms with Crippen molar-refractivity contribution in [1.29, 1.82) is 0 Å². The second-order valence-corrected chi connectivity index (χ2v) is 4.86. The van der Waals surface area contributed by atoms with Gasteiger partial charge in [0.25, 0.3) is 0 Å². The van der Waals surface area contributed by atoms with Crippen molar-refractivity contribution in [3.05, 3.63) is 35.1 Å². The summed E-state index contributed by atoms with van der Waals surface area (Å²) in [6, 6.07) is 4.49. The predicted octanol–water partition coefficient (Wildman–Crippen LogP) is 0.862. The van der Waals surface area contributed by atoms with Gasteiger partial charge in [0.05, 0.1) is 12.7 Å². The van der Waals surface area contributed by atoms with E-state index in [4.69, 9.17) is 15.6 Å². The molecule has 2 atom stereocenters. The summed E-state index contributed by atoms with van der Waals surface area (Å²) in [7, 11) is 0. The summed E-state index contributed by atoms with van der Waals surface area (Å²) in [4.78, 5) is 11.9. The molecule has 0 aromatic heterocycles. The Morgan fingerprint density at radius 2 is 2.24 bits per heavy atom. The van der Waals surface area contributed by atoms with Crippen LogP contribution in [-0.2, 0) is 22.7 Å². The molecule has 5 nitrogen and oxygen atoms in total. The Morgan fingerprint density at radius 1 is 1.48 bits per heavy atom. The molecule has 1 aliphatic rings. The molecule has 1 saturated heterocycles. The zero-order valence-corrected chi connectivity index (χ0v) is 12.4. The number of nitrogens with one attached hydrogen (secondary N) is 1. The Labute approximate surface area is 129 Å². The van der Waals surface area contributed by atoms with Gasteiger partial charge in [-0.3, -0.25) is 4.79 Å². The molecule has 0 radical (unpaired) electrons. The number of aliphatic hydroxyl groups excluding tert-OH is 1. The van der Waals surface area contributed by atoms with Crippen LogP contribution >= 0.6 is 12.4 Å². The summed E-state index contributed by atoms with van der Waals surface area (Å²) < 4.78 is 18.9. The number of carbonyl (C=O) groups is 1. The Hall–Kier alpha value is -1.21. The zero-order valence-electron chi connectivity index (χ0n) is 11.5. The lowest BCUT2D eigenvalue weighted by molar-refractivity contribution is -0.132. The molecule has 7 heteroatoms. The third-order valence-electron chi connectivity index (χ3n) is 3.42. The minimum absolute atomic E-state index is 0. The molecule has 1 fully saturated rings. The fourth-order valence-electron chi connectivity index (χ4n) is 2.20. The van der Waals surface area contributed by atoms with Gasteiger partial charge in [0, 0.05) is 18.7 Å². The predicted molar refractivity (Wildman–Crippen MR) is 78.4 cm³/mol. The van der Waals surface area contributed by atoms with Crippen molar-refractivity contribution in [2.75, 3.05) is 6.54 Å². The Morgan fingerprint density at radius 3 is 2.81 bits per heavy atom. The Kier molecular flexibility index (Phi) is 7.04. The second kappa shape index (κ2) is 8.29. The first-order valence-electron chi connectivity index (χ1n) is 6.65. The fourth-order valence-corrected chi connectivity index (χ4v) is 2.20. The molecule has 0 bridgehead atoms. The number of aliphatic hydroxyl groups is 1. The summed E-state index contributed by atoms with van der Waals surface area (Å²) in [5.74, 6) is -0.674. The average molecular weight is 319 g/mol. The van der Waals surface area contributed by atoms with Crippen LogP contribution in [0.25, 0.3) is 0 Å². The lowest BCUT2D eigenvalue weighted by Gasteiger charge is -2.13. The van der Waals surface area contributed by atoms with Gasteiger partial charge in [-0.25, -0.2) is 4.39 Å². The number of halogens is 2. The highest BCUT2D eigenvalue weighted by atomic mass is 35.5. The smallest absolute Gasteiger partial charge is 0.249 e. The number of nitrogens with two attached hydrogens (primary N) is 1. The maximum absolute atomic E-state index is 13.5. The van der Waals surface area contributed by atoms with Gasteiger partial charge in [-0.1, -0.05) is 12.1 Å². The van der Waals surface area contributed by atoms with Gasteiger partial charge >= 0.3 is 0 Å². The van der Waals surface area contributed by atoms with E-state index in [-0.39, 0.29) is 43.1 Å². The minimum atomic E-state index is -0.473. The molecule has 0 saturated carbocycles. The highest BCUT2D eigenvalue weighted by Gasteiger charge is 2.29. The zero-order chi connectivity index (χ0) is 14.5. The van der Waals surface area contributed by atoms with E-state index in [0.29, 0.717) is 18.5 Å². The molecule has 1 aromatic rings. The maximum atomic E-state index is 13.5. The third-order valence-corrected chi connectivity index (χ3v) is 3.42. The van der Waals surface area contributed by atoms with Crippen LogP contribution in [0.2, 0.25) is 0 Å². The van der Waals surface area contributed by atoms with E-state index in [1.807, 2.05) is 0 Å². The SMILES string of the molecule is Cl.NC[C@H]1CC[C@@H](C(=O)NCc2ccc(CO)c(F)c2)O1. The maximum Gasteiger partial charge on any atom is 0.249 e. The van der Waals surface area contributed by atoms with E-state index in [2.05, 4.69) is 5.32 Å². The van der Waals surface area contributed by atoms with E-state index in [0.717, 1.165) is 6.42 Å². The molecule has 2 rings (SSSR count). The molecule has 0 unspecified atom stereocenters. The van der Waals surface area contributed by atoms with Crippen LogP contribution in [0, 0.1) is 5.82 Å². The van der Waals surface area contributed by atoms with Gasteiger partial charge in [0.1, 0.15) is 11.9 Å². The molecule has 0 aliphatic carbocycles. The summed E-state index contributed by atoms with van der Waals surface area (Å²) >= 11 is 0. The van der Waals surface area contributed by atoms with Crippen LogP contribution in [0.3, 0.4) is 0 Å². The topological polar surface area (TPSA) is 84.6 Å². The summed E-state index contributed by atoms with van der Waals surface area (Å²) in [6.07, 6.45) is 0.928. The van der Waals surface area contributed by atoms with Gasteiger partial charge in [-0.15, -0.1) is 12.4 Å². The Balaban J connectivity index is 0.00000220.